The standard InChI is InChI=1S/C12H9Cl2N3OS/c13-8-3-10(15)11(4-9(8)14)18-6-7-5-17-1-2-19-12(17)16-7/h1-5H,6,15H2. The molecule has 0 atom stereocenters. The third-order valence-corrected chi connectivity index (χ3v) is 4.06. The minimum Gasteiger partial charge on any atom is -0.485 e. The van der Waals surface area contributed by atoms with Crippen molar-refractivity contribution in [1.29, 1.82) is 0 Å². The summed E-state index contributed by atoms with van der Waals surface area (Å²) in [5, 5.41) is 2.80. The van der Waals surface area contributed by atoms with Crippen LogP contribution in [0.15, 0.2) is 29.9 Å². The van der Waals surface area contributed by atoms with Gasteiger partial charge in [-0.3, -0.25) is 4.40 Å². The van der Waals surface area contributed by atoms with E-state index in [1.165, 1.54) is 0 Å². The molecule has 0 bridgehead atoms. The van der Waals surface area contributed by atoms with Crippen LogP contribution in [0.25, 0.3) is 4.96 Å². The van der Waals surface area contributed by atoms with E-state index in [-0.39, 0.29) is 0 Å². The molecule has 2 N–H and O–H groups in total. The fourth-order valence-electron chi connectivity index (χ4n) is 1.67. The van der Waals surface area contributed by atoms with E-state index >= 15 is 0 Å². The van der Waals surface area contributed by atoms with Gasteiger partial charge < -0.3 is 10.5 Å². The van der Waals surface area contributed by atoms with Crippen molar-refractivity contribution >= 4 is 45.2 Å². The zero-order chi connectivity index (χ0) is 13.4. The fraction of sp³-hybridized carbons (Fsp3) is 0.0833. The number of anilines is 1. The zero-order valence-electron chi connectivity index (χ0n) is 9.64. The Morgan fingerprint density at radius 2 is 2.11 bits per heavy atom. The van der Waals surface area contributed by atoms with Gasteiger partial charge in [0.25, 0.3) is 0 Å². The number of aromatic nitrogens is 2. The van der Waals surface area contributed by atoms with E-state index in [1.54, 1.807) is 23.5 Å². The number of halogens is 2. The normalized spacial score (nSPS) is 11.1. The van der Waals surface area contributed by atoms with Gasteiger partial charge in [-0.2, -0.15) is 0 Å². The maximum atomic E-state index is 5.93. The van der Waals surface area contributed by atoms with Gasteiger partial charge in [-0.05, 0) is 6.07 Å². The van der Waals surface area contributed by atoms with Gasteiger partial charge in [0.2, 0.25) is 0 Å². The summed E-state index contributed by atoms with van der Waals surface area (Å²) >= 11 is 13.4. The van der Waals surface area contributed by atoms with Gasteiger partial charge in [-0.15, -0.1) is 11.3 Å². The highest BCUT2D eigenvalue weighted by molar-refractivity contribution is 7.15. The van der Waals surface area contributed by atoms with E-state index in [9.17, 15) is 0 Å². The molecule has 2 heterocycles. The average molecular weight is 314 g/mol. The number of benzene rings is 1. The molecule has 1 aromatic carbocycles. The average Bonchev–Trinajstić information content (AvgIpc) is 2.92. The number of imidazole rings is 1. The minimum absolute atomic E-state index is 0.330. The van der Waals surface area contributed by atoms with Crippen LogP contribution in [0.2, 0.25) is 10.0 Å². The summed E-state index contributed by atoms with van der Waals surface area (Å²) in [6.45, 7) is 0.330. The molecular weight excluding hydrogens is 305 g/mol. The summed E-state index contributed by atoms with van der Waals surface area (Å²) in [5.41, 5.74) is 7.10. The predicted molar refractivity (Wildman–Crippen MR) is 78.3 cm³/mol. The molecule has 0 aliphatic heterocycles. The number of thiazole rings is 1. The number of hydrogen-bond donors (Lipinski definition) is 1. The lowest BCUT2D eigenvalue weighted by Crippen LogP contribution is -1.99. The molecule has 0 saturated heterocycles. The van der Waals surface area contributed by atoms with Crippen LogP contribution in [0, 0.1) is 0 Å². The molecule has 7 heteroatoms. The molecule has 2 aromatic heterocycles. The van der Waals surface area contributed by atoms with Crippen molar-refractivity contribution in [2.75, 3.05) is 5.73 Å². The zero-order valence-corrected chi connectivity index (χ0v) is 12.0. The largest absolute Gasteiger partial charge is 0.485 e. The van der Waals surface area contributed by atoms with Crippen molar-refractivity contribution in [3.8, 4) is 5.75 Å². The Labute approximate surface area is 123 Å². The van der Waals surface area contributed by atoms with Gasteiger partial charge in [-0.1, -0.05) is 23.2 Å². The minimum atomic E-state index is 0.330. The van der Waals surface area contributed by atoms with Crippen LogP contribution in [0.5, 0.6) is 5.75 Å². The lowest BCUT2D eigenvalue weighted by Gasteiger charge is -2.08. The van der Waals surface area contributed by atoms with Crippen molar-refractivity contribution < 1.29 is 4.74 Å². The van der Waals surface area contributed by atoms with E-state index in [2.05, 4.69) is 4.98 Å². The molecule has 0 amide bonds. The molecule has 0 unspecified atom stereocenters. The van der Waals surface area contributed by atoms with Crippen LogP contribution in [0.1, 0.15) is 5.69 Å². The topological polar surface area (TPSA) is 52.5 Å². The molecule has 98 valence electrons. The summed E-state index contributed by atoms with van der Waals surface area (Å²) < 4.78 is 7.56. The molecule has 0 fully saturated rings. The van der Waals surface area contributed by atoms with Gasteiger partial charge in [0.05, 0.1) is 21.4 Å². The Morgan fingerprint density at radius 1 is 1.32 bits per heavy atom. The molecule has 0 radical (unpaired) electrons. The van der Waals surface area contributed by atoms with Crippen molar-refractivity contribution in [3.63, 3.8) is 0 Å². The van der Waals surface area contributed by atoms with E-state index in [1.807, 2.05) is 22.2 Å². The maximum Gasteiger partial charge on any atom is 0.193 e. The number of nitrogens with two attached hydrogens (primary N) is 1. The van der Waals surface area contributed by atoms with E-state index in [0.717, 1.165) is 10.7 Å². The highest BCUT2D eigenvalue weighted by Gasteiger charge is 2.08. The lowest BCUT2D eigenvalue weighted by atomic mass is 10.3. The van der Waals surface area contributed by atoms with Gasteiger partial charge in [0.1, 0.15) is 12.4 Å². The lowest BCUT2D eigenvalue weighted by molar-refractivity contribution is 0.304. The first-order chi connectivity index (χ1) is 9.13. The molecule has 0 aliphatic rings. The number of rotatable bonds is 3. The molecule has 19 heavy (non-hydrogen) atoms. The predicted octanol–water partition coefficient (Wildman–Crippen LogP) is 3.86. The molecule has 0 aliphatic carbocycles. The SMILES string of the molecule is Nc1cc(Cl)c(Cl)cc1OCc1cn2ccsc2n1. The van der Waals surface area contributed by atoms with E-state index in [0.29, 0.717) is 28.1 Å². The van der Waals surface area contributed by atoms with Crippen molar-refractivity contribution in [2.24, 2.45) is 0 Å². The molecule has 0 spiro atoms. The Kier molecular flexibility index (Phi) is 3.26. The monoisotopic (exact) mass is 313 g/mol. The van der Waals surface area contributed by atoms with E-state index < -0.39 is 0 Å². The Balaban J connectivity index is 1.79. The Morgan fingerprint density at radius 3 is 2.89 bits per heavy atom. The van der Waals surface area contributed by atoms with Gasteiger partial charge in [0, 0.05) is 23.8 Å². The molecule has 3 aromatic rings. The first-order valence-corrected chi connectivity index (χ1v) is 7.05. The van der Waals surface area contributed by atoms with E-state index in [4.69, 9.17) is 33.7 Å². The van der Waals surface area contributed by atoms with Gasteiger partial charge >= 0.3 is 0 Å². The summed E-state index contributed by atoms with van der Waals surface area (Å²) in [6.07, 6.45) is 3.86. The smallest absolute Gasteiger partial charge is 0.193 e. The molecule has 0 saturated carbocycles. The van der Waals surface area contributed by atoms with Crippen LogP contribution in [-0.4, -0.2) is 9.38 Å². The van der Waals surface area contributed by atoms with Crippen LogP contribution in [0.4, 0.5) is 5.69 Å². The third kappa shape index (κ3) is 2.49. The van der Waals surface area contributed by atoms with Crippen molar-refractivity contribution in [1.82, 2.24) is 9.38 Å². The number of nitrogens with zero attached hydrogens (tertiary/aromatic N) is 2. The third-order valence-electron chi connectivity index (χ3n) is 2.57. The summed E-state index contributed by atoms with van der Waals surface area (Å²) in [7, 11) is 0. The van der Waals surface area contributed by atoms with Crippen molar-refractivity contribution in [3.05, 3.63) is 45.6 Å². The molecular formula is C12H9Cl2N3OS. The highest BCUT2D eigenvalue weighted by Crippen LogP contribution is 2.32. The van der Waals surface area contributed by atoms with Gasteiger partial charge in [0.15, 0.2) is 4.96 Å². The fourth-order valence-corrected chi connectivity index (χ4v) is 2.71. The quantitative estimate of drug-likeness (QED) is 0.747. The number of hydrogen-bond acceptors (Lipinski definition) is 4. The van der Waals surface area contributed by atoms with Crippen LogP contribution >= 0.6 is 34.5 Å². The van der Waals surface area contributed by atoms with Crippen molar-refractivity contribution in [2.45, 2.75) is 6.61 Å². The second-order valence-corrected chi connectivity index (χ2v) is 5.61. The first kappa shape index (κ1) is 12.6. The second-order valence-electron chi connectivity index (χ2n) is 3.92. The molecule has 4 nitrogen and oxygen atoms in total. The van der Waals surface area contributed by atoms with Crippen LogP contribution < -0.4 is 10.5 Å². The van der Waals surface area contributed by atoms with Crippen LogP contribution in [0.3, 0.4) is 0 Å². The Bertz CT molecular complexity index is 709. The number of fused-ring (bicyclic) bond motifs is 1. The van der Waals surface area contributed by atoms with Crippen LogP contribution in [-0.2, 0) is 6.61 Å². The summed E-state index contributed by atoms with van der Waals surface area (Å²) in [6, 6.07) is 3.18. The summed E-state index contributed by atoms with van der Waals surface area (Å²) in [5.74, 6) is 0.505. The van der Waals surface area contributed by atoms with Gasteiger partial charge in [-0.25, -0.2) is 4.98 Å². The number of nitrogen functional groups attached to an aromatic ring is 1. The Hall–Kier alpha value is -1.43. The number of ether oxygens (including phenoxy) is 1. The maximum absolute atomic E-state index is 5.93. The molecule has 3 rings (SSSR count). The first-order valence-electron chi connectivity index (χ1n) is 5.42. The second kappa shape index (κ2) is 4.92. The highest BCUT2D eigenvalue weighted by atomic mass is 35.5. The summed E-state index contributed by atoms with van der Waals surface area (Å²) in [4.78, 5) is 5.35.